The van der Waals surface area contributed by atoms with Gasteiger partial charge in [0.05, 0.1) is 21.1 Å². The molecule has 0 bridgehead atoms. The fourth-order valence-corrected chi connectivity index (χ4v) is 3.13. The second kappa shape index (κ2) is 6.05. The first-order valence-corrected chi connectivity index (χ1v) is 7.40. The van der Waals surface area contributed by atoms with Crippen molar-refractivity contribution in [3.05, 3.63) is 55.3 Å². The molecule has 0 atom stereocenters. The number of amides is 1. The van der Waals surface area contributed by atoms with Gasteiger partial charge in [-0.25, -0.2) is 0 Å². The van der Waals surface area contributed by atoms with Gasteiger partial charge in [-0.15, -0.1) is 11.3 Å². The Hall–Kier alpha value is -2.21. The van der Waals surface area contributed by atoms with Crippen LogP contribution in [0.3, 0.4) is 0 Å². The Morgan fingerprint density at radius 3 is 2.67 bits per heavy atom. The molecule has 0 saturated carbocycles. The lowest BCUT2D eigenvalue weighted by molar-refractivity contribution is -0.385. The lowest BCUT2D eigenvalue weighted by Gasteiger charge is -2.07. The van der Waals surface area contributed by atoms with Gasteiger partial charge in [0.2, 0.25) is 0 Å². The van der Waals surface area contributed by atoms with Crippen molar-refractivity contribution in [2.75, 3.05) is 5.32 Å². The van der Waals surface area contributed by atoms with E-state index in [1.54, 1.807) is 19.1 Å². The van der Waals surface area contributed by atoms with Gasteiger partial charge in [0.1, 0.15) is 0 Å². The minimum atomic E-state index is -0.449. The van der Waals surface area contributed by atoms with Crippen LogP contribution in [0.15, 0.2) is 24.3 Å². The number of benzene rings is 1. The van der Waals surface area contributed by atoms with Gasteiger partial charge >= 0.3 is 0 Å². The fourth-order valence-electron chi connectivity index (χ4n) is 2.12. The van der Waals surface area contributed by atoms with Crippen molar-refractivity contribution in [1.82, 2.24) is 0 Å². The molecule has 2 aromatic rings. The van der Waals surface area contributed by atoms with Crippen LogP contribution in [0.1, 0.15) is 32.6 Å². The maximum Gasteiger partial charge on any atom is 0.274 e. The molecular formula is C15H16N2O3S. The van der Waals surface area contributed by atoms with Crippen molar-refractivity contribution < 1.29 is 9.72 Å². The largest absolute Gasteiger partial charge is 0.321 e. The van der Waals surface area contributed by atoms with E-state index in [1.165, 1.54) is 17.4 Å². The van der Waals surface area contributed by atoms with Crippen molar-refractivity contribution in [2.45, 2.75) is 27.2 Å². The number of thiophene rings is 1. The van der Waals surface area contributed by atoms with Crippen molar-refractivity contribution in [3.8, 4) is 0 Å². The summed E-state index contributed by atoms with van der Waals surface area (Å²) >= 11 is 1.44. The molecule has 21 heavy (non-hydrogen) atoms. The maximum atomic E-state index is 12.3. The zero-order valence-electron chi connectivity index (χ0n) is 12.1. The van der Waals surface area contributed by atoms with Gasteiger partial charge in [-0.2, -0.15) is 0 Å². The van der Waals surface area contributed by atoms with Crippen LogP contribution in [0, 0.1) is 24.0 Å². The number of carbonyl (C=O) groups is 1. The van der Waals surface area contributed by atoms with E-state index in [0.717, 1.165) is 16.9 Å². The van der Waals surface area contributed by atoms with Gasteiger partial charge in [0, 0.05) is 10.9 Å². The van der Waals surface area contributed by atoms with Crippen LogP contribution >= 0.6 is 11.3 Å². The summed E-state index contributed by atoms with van der Waals surface area (Å²) in [6.07, 6.45) is 0.880. The lowest BCUT2D eigenvalue weighted by Crippen LogP contribution is -2.11. The van der Waals surface area contributed by atoms with Crippen molar-refractivity contribution in [3.63, 3.8) is 0 Å². The van der Waals surface area contributed by atoms with Crippen LogP contribution in [-0.2, 0) is 6.42 Å². The third-order valence-electron chi connectivity index (χ3n) is 3.38. The van der Waals surface area contributed by atoms with Gasteiger partial charge < -0.3 is 5.32 Å². The smallest absolute Gasteiger partial charge is 0.274 e. The molecule has 1 aromatic carbocycles. The first kappa shape index (κ1) is 15.2. The van der Waals surface area contributed by atoms with Crippen LogP contribution in [0.4, 0.5) is 11.4 Å². The van der Waals surface area contributed by atoms with Crippen molar-refractivity contribution in [2.24, 2.45) is 0 Å². The van der Waals surface area contributed by atoms with E-state index in [9.17, 15) is 14.9 Å². The Kier molecular flexibility index (Phi) is 4.37. The van der Waals surface area contributed by atoms with E-state index in [4.69, 9.17) is 0 Å². The molecule has 2 rings (SSSR count). The average Bonchev–Trinajstić information content (AvgIpc) is 2.82. The topological polar surface area (TPSA) is 72.2 Å². The van der Waals surface area contributed by atoms with Crippen LogP contribution in [0.5, 0.6) is 0 Å². The van der Waals surface area contributed by atoms with E-state index >= 15 is 0 Å². The highest BCUT2D eigenvalue weighted by Gasteiger charge is 2.17. The number of hydrogen-bond donors (Lipinski definition) is 1. The van der Waals surface area contributed by atoms with E-state index in [2.05, 4.69) is 5.32 Å². The number of rotatable bonds is 4. The normalized spacial score (nSPS) is 10.4. The molecule has 0 spiro atoms. The SMILES string of the molecule is CCc1cc(C(=O)Nc2cccc([N+](=O)[O-])c2C)sc1C. The highest BCUT2D eigenvalue weighted by atomic mass is 32.1. The third kappa shape index (κ3) is 3.11. The highest BCUT2D eigenvalue weighted by Crippen LogP contribution is 2.27. The van der Waals surface area contributed by atoms with E-state index < -0.39 is 4.92 Å². The Balaban J connectivity index is 2.27. The van der Waals surface area contributed by atoms with E-state index in [-0.39, 0.29) is 11.6 Å². The predicted octanol–water partition coefficient (Wildman–Crippen LogP) is 4.09. The summed E-state index contributed by atoms with van der Waals surface area (Å²) in [5.41, 5.74) is 2.09. The summed E-state index contributed by atoms with van der Waals surface area (Å²) in [6.45, 7) is 5.66. The fraction of sp³-hybridized carbons (Fsp3) is 0.267. The average molecular weight is 304 g/mol. The first-order chi connectivity index (χ1) is 9.93. The Bertz CT molecular complexity index is 707. The minimum Gasteiger partial charge on any atom is -0.321 e. The highest BCUT2D eigenvalue weighted by molar-refractivity contribution is 7.14. The molecule has 0 saturated heterocycles. The number of anilines is 1. The maximum absolute atomic E-state index is 12.3. The van der Waals surface area contributed by atoms with Crippen molar-refractivity contribution in [1.29, 1.82) is 0 Å². The van der Waals surface area contributed by atoms with Crippen LogP contribution < -0.4 is 5.32 Å². The predicted molar refractivity (Wildman–Crippen MR) is 84.2 cm³/mol. The quantitative estimate of drug-likeness (QED) is 0.683. The molecule has 1 N–H and O–H groups in total. The molecular weight excluding hydrogens is 288 g/mol. The molecule has 0 radical (unpaired) electrons. The lowest BCUT2D eigenvalue weighted by atomic mass is 10.1. The molecule has 0 aliphatic rings. The molecule has 0 fully saturated rings. The Morgan fingerprint density at radius 1 is 1.38 bits per heavy atom. The monoisotopic (exact) mass is 304 g/mol. The van der Waals surface area contributed by atoms with Crippen molar-refractivity contribution >= 4 is 28.6 Å². The molecule has 1 aromatic heterocycles. The molecule has 6 heteroatoms. The zero-order valence-corrected chi connectivity index (χ0v) is 12.9. The van der Waals surface area contributed by atoms with Crippen LogP contribution in [0.2, 0.25) is 0 Å². The number of hydrogen-bond acceptors (Lipinski definition) is 4. The standard InChI is InChI=1S/C15H16N2O3S/c1-4-11-8-14(21-10(11)3)15(18)16-12-6-5-7-13(9(12)2)17(19)20/h5-8H,4H2,1-3H3,(H,16,18). The number of nitrogens with zero attached hydrogens (tertiary/aromatic N) is 1. The minimum absolute atomic E-state index is 0.00408. The van der Waals surface area contributed by atoms with Crippen LogP contribution in [-0.4, -0.2) is 10.8 Å². The van der Waals surface area contributed by atoms with Gasteiger partial charge in [0.15, 0.2) is 0 Å². The van der Waals surface area contributed by atoms with Gasteiger partial charge in [-0.3, -0.25) is 14.9 Å². The van der Waals surface area contributed by atoms with Gasteiger partial charge in [0.25, 0.3) is 11.6 Å². The molecule has 0 aliphatic heterocycles. The third-order valence-corrected chi connectivity index (χ3v) is 4.47. The van der Waals surface area contributed by atoms with Crippen LogP contribution in [0.25, 0.3) is 0 Å². The second-order valence-electron chi connectivity index (χ2n) is 4.71. The summed E-state index contributed by atoms with van der Waals surface area (Å²) in [4.78, 5) is 24.5. The molecule has 1 heterocycles. The summed E-state index contributed by atoms with van der Waals surface area (Å²) in [5.74, 6) is -0.230. The number of nitro groups is 1. The van der Waals surface area contributed by atoms with Gasteiger partial charge in [-0.05, 0) is 38.0 Å². The number of nitrogens with one attached hydrogen (secondary N) is 1. The molecule has 0 aliphatic carbocycles. The number of nitro benzene ring substituents is 1. The Morgan fingerprint density at radius 2 is 2.10 bits per heavy atom. The molecule has 5 nitrogen and oxygen atoms in total. The first-order valence-electron chi connectivity index (χ1n) is 6.58. The number of aryl methyl sites for hydroxylation is 2. The molecule has 0 unspecified atom stereocenters. The van der Waals surface area contributed by atoms with Gasteiger partial charge in [-0.1, -0.05) is 13.0 Å². The van der Waals surface area contributed by atoms with E-state index in [1.807, 2.05) is 19.9 Å². The summed E-state index contributed by atoms with van der Waals surface area (Å²) in [7, 11) is 0. The molecule has 110 valence electrons. The Labute approximate surface area is 126 Å². The van der Waals surface area contributed by atoms with E-state index in [0.29, 0.717) is 16.1 Å². The molecule has 1 amide bonds. The number of carbonyl (C=O) groups excluding carboxylic acids is 1. The summed E-state index contributed by atoms with van der Waals surface area (Å²) in [6, 6.07) is 6.54. The summed E-state index contributed by atoms with van der Waals surface area (Å²) < 4.78 is 0. The summed E-state index contributed by atoms with van der Waals surface area (Å²) in [5, 5.41) is 13.7. The second-order valence-corrected chi connectivity index (χ2v) is 5.96. The zero-order chi connectivity index (χ0) is 15.6.